The standard InChI is InChI=1S/C25H23F3N2O2S/c26-25(27,28)32-21-9-5-10-22(16-21)33-17-20-8-4-11-23(29-20)24(31)30-14-12-19(13-15-30)18-6-2-1-3-7-18/h1-11,16,19H,12-15,17H2. The molecule has 0 radical (unpaired) electrons. The van der Waals surface area contributed by atoms with E-state index in [0.29, 0.717) is 41.0 Å². The number of carbonyl (C=O) groups is 1. The molecule has 3 aromatic rings. The maximum absolute atomic E-state index is 13.0. The fourth-order valence-corrected chi connectivity index (χ4v) is 4.75. The number of halogens is 3. The number of thioether (sulfide) groups is 1. The van der Waals surface area contributed by atoms with Gasteiger partial charge in [-0.15, -0.1) is 24.9 Å². The van der Waals surface area contributed by atoms with Crippen LogP contribution in [0.3, 0.4) is 0 Å². The smallest absolute Gasteiger partial charge is 0.406 e. The van der Waals surface area contributed by atoms with E-state index in [0.717, 1.165) is 12.8 Å². The summed E-state index contributed by atoms with van der Waals surface area (Å²) in [7, 11) is 0. The second-order valence-electron chi connectivity index (χ2n) is 7.80. The van der Waals surface area contributed by atoms with Gasteiger partial charge in [0.15, 0.2) is 0 Å². The fraction of sp³-hybridized carbons (Fsp3) is 0.280. The van der Waals surface area contributed by atoms with Crippen molar-refractivity contribution in [3.8, 4) is 5.75 Å². The highest BCUT2D eigenvalue weighted by atomic mass is 32.2. The minimum Gasteiger partial charge on any atom is -0.406 e. The molecule has 0 bridgehead atoms. The predicted molar refractivity (Wildman–Crippen MR) is 121 cm³/mol. The van der Waals surface area contributed by atoms with Gasteiger partial charge in [-0.2, -0.15) is 0 Å². The van der Waals surface area contributed by atoms with Gasteiger partial charge >= 0.3 is 6.36 Å². The molecule has 1 fully saturated rings. The number of hydrogen-bond acceptors (Lipinski definition) is 4. The van der Waals surface area contributed by atoms with Crippen molar-refractivity contribution in [2.45, 2.75) is 35.8 Å². The van der Waals surface area contributed by atoms with E-state index >= 15 is 0 Å². The van der Waals surface area contributed by atoms with Gasteiger partial charge in [0.05, 0.1) is 5.69 Å². The molecule has 4 nitrogen and oxygen atoms in total. The lowest BCUT2D eigenvalue weighted by molar-refractivity contribution is -0.274. The van der Waals surface area contributed by atoms with E-state index in [9.17, 15) is 18.0 Å². The Bertz CT molecular complexity index is 1080. The van der Waals surface area contributed by atoms with E-state index in [4.69, 9.17) is 0 Å². The van der Waals surface area contributed by atoms with Crippen molar-refractivity contribution >= 4 is 17.7 Å². The van der Waals surface area contributed by atoms with Gasteiger partial charge in [-0.3, -0.25) is 4.79 Å². The average Bonchev–Trinajstić information content (AvgIpc) is 2.82. The Labute approximate surface area is 194 Å². The van der Waals surface area contributed by atoms with Gasteiger partial charge in [0, 0.05) is 23.7 Å². The molecule has 4 rings (SSSR count). The van der Waals surface area contributed by atoms with Crippen LogP contribution in [0.15, 0.2) is 77.7 Å². The number of likely N-dealkylation sites (tertiary alicyclic amines) is 1. The van der Waals surface area contributed by atoms with Crippen LogP contribution in [0.2, 0.25) is 0 Å². The number of rotatable bonds is 6. The predicted octanol–water partition coefficient (Wildman–Crippen LogP) is 6.29. The first-order valence-electron chi connectivity index (χ1n) is 10.7. The van der Waals surface area contributed by atoms with Gasteiger partial charge in [-0.25, -0.2) is 4.98 Å². The molecule has 8 heteroatoms. The van der Waals surface area contributed by atoms with Crippen molar-refractivity contribution in [2.75, 3.05) is 13.1 Å². The number of amides is 1. The number of alkyl halides is 3. The highest BCUT2D eigenvalue weighted by molar-refractivity contribution is 7.98. The maximum Gasteiger partial charge on any atom is 0.573 e. The Morgan fingerprint density at radius 2 is 1.73 bits per heavy atom. The quantitative estimate of drug-likeness (QED) is 0.395. The summed E-state index contributed by atoms with van der Waals surface area (Å²) in [5, 5.41) is 0. The normalized spacial score (nSPS) is 14.8. The van der Waals surface area contributed by atoms with Crippen molar-refractivity contribution < 1.29 is 22.7 Å². The Kier molecular flexibility index (Phi) is 7.23. The third-order valence-electron chi connectivity index (χ3n) is 5.50. The summed E-state index contributed by atoms with van der Waals surface area (Å²) >= 11 is 1.33. The number of nitrogens with zero attached hydrogens (tertiary/aromatic N) is 2. The van der Waals surface area contributed by atoms with Crippen molar-refractivity contribution in [1.82, 2.24) is 9.88 Å². The van der Waals surface area contributed by atoms with Crippen LogP contribution in [-0.2, 0) is 5.75 Å². The van der Waals surface area contributed by atoms with E-state index in [1.165, 1.54) is 35.5 Å². The van der Waals surface area contributed by atoms with Gasteiger partial charge in [0.25, 0.3) is 5.91 Å². The van der Waals surface area contributed by atoms with E-state index < -0.39 is 6.36 Å². The molecule has 2 heterocycles. The number of hydrogen-bond donors (Lipinski definition) is 0. The first-order chi connectivity index (χ1) is 15.9. The molecule has 1 aliphatic heterocycles. The Morgan fingerprint density at radius 3 is 2.45 bits per heavy atom. The SMILES string of the molecule is O=C(c1cccc(CSc2cccc(OC(F)(F)F)c2)n1)N1CCC(c2ccccc2)CC1. The monoisotopic (exact) mass is 472 g/mol. The molecule has 0 unspecified atom stereocenters. The van der Waals surface area contributed by atoms with Crippen molar-refractivity contribution in [2.24, 2.45) is 0 Å². The van der Waals surface area contributed by atoms with Crippen LogP contribution in [-0.4, -0.2) is 35.2 Å². The molecule has 0 saturated carbocycles. The maximum atomic E-state index is 13.0. The highest BCUT2D eigenvalue weighted by Crippen LogP contribution is 2.30. The molecule has 0 N–H and O–H groups in total. The highest BCUT2D eigenvalue weighted by Gasteiger charge is 2.31. The second-order valence-corrected chi connectivity index (χ2v) is 8.85. The zero-order chi connectivity index (χ0) is 23.3. The largest absolute Gasteiger partial charge is 0.573 e. The minimum absolute atomic E-state index is 0.0889. The van der Waals surface area contributed by atoms with E-state index in [1.54, 1.807) is 18.2 Å². The summed E-state index contributed by atoms with van der Waals surface area (Å²) in [5.41, 5.74) is 2.39. The van der Waals surface area contributed by atoms with Gasteiger partial charge < -0.3 is 9.64 Å². The van der Waals surface area contributed by atoms with E-state index in [-0.39, 0.29) is 11.7 Å². The molecule has 1 aliphatic rings. The molecule has 1 aromatic heterocycles. The lowest BCUT2D eigenvalue weighted by Gasteiger charge is -2.32. The van der Waals surface area contributed by atoms with Crippen molar-refractivity contribution in [3.63, 3.8) is 0 Å². The van der Waals surface area contributed by atoms with Crippen LogP contribution in [0.5, 0.6) is 5.75 Å². The zero-order valence-electron chi connectivity index (χ0n) is 17.8. The molecule has 0 aliphatic carbocycles. The minimum atomic E-state index is -4.73. The van der Waals surface area contributed by atoms with Crippen LogP contribution in [0.25, 0.3) is 0 Å². The van der Waals surface area contributed by atoms with Crippen LogP contribution >= 0.6 is 11.8 Å². The number of pyridine rings is 1. The number of piperidine rings is 1. The molecular formula is C25H23F3N2O2S. The van der Waals surface area contributed by atoms with Gasteiger partial charge in [-0.1, -0.05) is 42.5 Å². The van der Waals surface area contributed by atoms with Gasteiger partial charge in [0.2, 0.25) is 0 Å². The number of aromatic nitrogens is 1. The molecule has 0 spiro atoms. The second kappa shape index (κ2) is 10.3. The molecule has 1 amide bonds. The topological polar surface area (TPSA) is 42.4 Å². The van der Waals surface area contributed by atoms with Crippen LogP contribution in [0, 0.1) is 0 Å². The average molecular weight is 473 g/mol. The molecule has 172 valence electrons. The summed E-state index contributed by atoms with van der Waals surface area (Å²) in [6.45, 7) is 1.37. The third kappa shape index (κ3) is 6.51. The molecule has 1 saturated heterocycles. The molecule has 33 heavy (non-hydrogen) atoms. The van der Waals surface area contributed by atoms with Crippen LogP contribution < -0.4 is 4.74 Å². The summed E-state index contributed by atoms with van der Waals surface area (Å²) in [6.07, 6.45) is -2.89. The van der Waals surface area contributed by atoms with Crippen LogP contribution in [0.1, 0.15) is 40.5 Å². The molecule has 2 aromatic carbocycles. The van der Waals surface area contributed by atoms with Crippen molar-refractivity contribution in [1.29, 1.82) is 0 Å². The summed E-state index contributed by atoms with van der Waals surface area (Å²) < 4.78 is 41.3. The zero-order valence-corrected chi connectivity index (χ0v) is 18.6. The summed E-state index contributed by atoms with van der Waals surface area (Å²) in [4.78, 5) is 19.9. The fourth-order valence-electron chi connectivity index (χ4n) is 3.90. The number of ether oxygens (including phenoxy) is 1. The van der Waals surface area contributed by atoms with Crippen LogP contribution in [0.4, 0.5) is 13.2 Å². The summed E-state index contributed by atoms with van der Waals surface area (Å²) in [5.74, 6) is 0.535. The first kappa shape index (κ1) is 23.2. The lowest BCUT2D eigenvalue weighted by atomic mass is 9.89. The first-order valence-corrected chi connectivity index (χ1v) is 11.6. The Morgan fingerprint density at radius 1 is 1.00 bits per heavy atom. The Balaban J connectivity index is 1.34. The van der Waals surface area contributed by atoms with Gasteiger partial charge in [0.1, 0.15) is 11.4 Å². The number of carbonyl (C=O) groups excluding carboxylic acids is 1. The van der Waals surface area contributed by atoms with Gasteiger partial charge in [-0.05, 0) is 54.7 Å². The molecule has 0 atom stereocenters. The third-order valence-corrected chi connectivity index (χ3v) is 6.53. The lowest BCUT2D eigenvalue weighted by Crippen LogP contribution is -2.38. The summed E-state index contributed by atoms with van der Waals surface area (Å²) in [6, 6.07) is 21.5. The Hall–Kier alpha value is -3.00. The number of benzene rings is 2. The van der Waals surface area contributed by atoms with E-state index in [1.807, 2.05) is 29.2 Å². The van der Waals surface area contributed by atoms with E-state index in [2.05, 4.69) is 21.9 Å². The van der Waals surface area contributed by atoms with Crippen molar-refractivity contribution in [3.05, 3.63) is 89.7 Å². The molecular weight excluding hydrogens is 449 g/mol.